The first-order chi connectivity index (χ1) is 24.8. The summed E-state index contributed by atoms with van der Waals surface area (Å²) in [4.78, 5) is 5.45. The predicted octanol–water partition coefficient (Wildman–Crippen LogP) is 12.4. The number of fused-ring (bicyclic) bond motifs is 11. The lowest BCUT2D eigenvalue weighted by atomic mass is 9.96. The first-order valence-electron chi connectivity index (χ1n) is 17.1. The van der Waals surface area contributed by atoms with E-state index < -0.39 is 0 Å². The summed E-state index contributed by atoms with van der Waals surface area (Å²) >= 11 is 1.85. The molecule has 0 saturated carbocycles. The smallest absolute Gasteiger partial charge is 0.145 e. The van der Waals surface area contributed by atoms with Gasteiger partial charge in [-0.15, -0.1) is 11.3 Å². The van der Waals surface area contributed by atoms with Crippen molar-refractivity contribution in [2.75, 3.05) is 5.32 Å². The Hall–Kier alpha value is -6.23. The molecule has 11 rings (SSSR count). The van der Waals surface area contributed by atoms with E-state index in [-0.39, 0.29) is 6.17 Å². The minimum absolute atomic E-state index is 0.243. The maximum Gasteiger partial charge on any atom is 0.145 e. The fourth-order valence-electron chi connectivity index (χ4n) is 8.11. The minimum Gasteiger partial charge on any atom is -0.360 e. The van der Waals surface area contributed by atoms with Crippen molar-refractivity contribution in [1.29, 1.82) is 0 Å². The third-order valence-electron chi connectivity index (χ3n) is 10.4. The maximum atomic E-state index is 5.45. The van der Waals surface area contributed by atoms with E-state index in [4.69, 9.17) is 4.99 Å². The van der Waals surface area contributed by atoms with E-state index in [1.54, 1.807) is 0 Å². The molecule has 50 heavy (non-hydrogen) atoms. The third kappa shape index (κ3) is 4.06. The average Bonchev–Trinajstić information content (AvgIpc) is 3.73. The van der Waals surface area contributed by atoms with E-state index in [9.17, 15) is 0 Å². The third-order valence-corrected chi connectivity index (χ3v) is 11.5. The van der Waals surface area contributed by atoms with Gasteiger partial charge in [-0.05, 0) is 69.6 Å². The van der Waals surface area contributed by atoms with Gasteiger partial charge >= 0.3 is 0 Å². The van der Waals surface area contributed by atoms with Crippen molar-refractivity contribution >= 4 is 86.3 Å². The average molecular weight is 656 g/mol. The lowest BCUT2D eigenvalue weighted by molar-refractivity contribution is 0.827. The van der Waals surface area contributed by atoms with Crippen LogP contribution >= 0.6 is 11.3 Å². The van der Waals surface area contributed by atoms with E-state index >= 15 is 0 Å². The van der Waals surface area contributed by atoms with E-state index in [1.807, 2.05) is 11.3 Å². The number of nitrogens with zero attached hydrogens (tertiary/aromatic N) is 2. The number of hydrogen-bond donors (Lipinski definition) is 1. The van der Waals surface area contributed by atoms with E-state index in [0.717, 1.165) is 33.8 Å². The van der Waals surface area contributed by atoms with Crippen LogP contribution in [0.4, 0.5) is 5.69 Å². The molecule has 0 fully saturated rings. The largest absolute Gasteiger partial charge is 0.360 e. The highest BCUT2D eigenvalue weighted by atomic mass is 32.1. The van der Waals surface area contributed by atoms with Gasteiger partial charge in [0.2, 0.25) is 0 Å². The van der Waals surface area contributed by atoms with Gasteiger partial charge in [0.1, 0.15) is 6.17 Å². The molecule has 0 spiro atoms. The van der Waals surface area contributed by atoms with Gasteiger partial charge in [-0.2, -0.15) is 0 Å². The lowest BCUT2D eigenvalue weighted by Crippen LogP contribution is -2.20. The highest BCUT2D eigenvalue weighted by molar-refractivity contribution is 7.25. The quantitative estimate of drug-likeness (QED) is 0.202. The molecule has 3 nitrogen and oxygen atoms in total. The summed E-state index contributed by atoms with van der Waals surface area (Å²) in [6.45, 7) is 0. The molecule has 2 aromatic heterocycles. The van der Waals surface area contributed by atoms with Gasteiger partial charge in [0.05, 0.1) is 16.7 Å². The molecule has 0 amide bonds. The Kier molecular flexibility index (Phi) is 5.89. The number of thiophene rings is 1. The first-order valence-corrected chi connectivity index (χ1v) is 17.9. The second-order valence-corrected chi connectivity index (χ2v) is 14.3. The van der Waals surface area contributed by atoms with Crippen LogP contribution in [-0.4, -0.2) is 10.3 Å². The summed E-state index contributed by atoms with van der Waals surface area (Å²) in [5.41, 5.74) is 9.03. The van der Waals surface area contributed by atoms with Crippen molar-refractivity contribution in [3.63, 3.8) is 0 Å². The van der Waals surface area contributed by atoms with Crippen LogP contribution in [0.2, 0.25) is 0 Å². The summed E-state index contributed by atoms with van der Waals surface area (Å²) in [5.74, 6) is 0. The predicted molar refractivity (Wildman–Crippen MR) is 214 cm³/mol. The van der Waals surface area contributed by atoms with Gasteiger partial charge in [0, 0.05) is 53.4 Å². The minimum atomic E-state index is -0.243. The molecule has 1 unspecified atom stereocenters. The second-order valence-electron chi connectivity index (χ2n) is 13.2. The molecule has 1 aliphatic heterocycles. The summed E-state index contributed by atoms with van der Waals surface area (Å²) < 4.78 is 5.03. The molecule has 1 aliphatic rings. The second kappa shape index (κ2) is 10.6. The van der Waals surface area contributed by atoms with Gasteiger partial charge in [-0.25, -0.2) is 0 Å². The molecular weight excluding hydrogens is 627 g/mol. The number of aromatic nitrogens is 1. The Morgan fingerprint density at radius 1 is 0.520 bits per heavy atom. The van der Waals surface area contributed by atoms with Crippen molar-refractivity contribution in [3.05, 3.63) is 180 Å². The molecule has 0 saturated heterocycles. The number of aliphatic imine (C=N–C) groups is 1. The van der Waals surface area contributed by atoms with Crippen LogP contribution in [0.25, 0.3) is 69.2 Å². The van der Waals surface area contributed by atoms with Gasteiger partial charge < -0.3 is 9.88 Å². The summed E-state index contributed by atoms with van der Waals surface area (Å²) in [7, 11) is 0. The number of nitrogens with one attached hydrogen (secondary N) is 1. The summed E-state index contributed by atoms with van der Waals surface area (Å²) in [5, 5.41) is 14.0. The fraction of sp³-hybridized carbons (Fsp3) is 0.0217. The number of anilines is 1. The lowest BCUT2D eigenvalue weighted by Gasteiger charge is -2.26. The van der Waals surface area contributed by atoms with Crippen LogP contribution in [0.3, 0.4) is 0 Å². The molecular formula is C46H29N3S. The Morgan fingerprint density at radius 2 is 1.18 bits per heavy atom. The van der Waals surface area contributed by atoms with Gasteiger partial charge in [0.15, 0.2) is 0 Å². The first kappa shape index (κ1) is 27.7. The highest BCUT2D eigenvalue weighted by Gasteiger charge is 2.24. The van der Waals surface area contributed by atoms with Crippen LogP contribution in [-0.2, 0) is 0 Å². The van der Waals surface area contributed by atoms with E-state index in [0.29, 0.717) is 0 Å². The topological polar surface area (TPSA) is 29.3 Å². The molecule has 1 atom stereocenters. The Labute approximate surface area is 292 Å². The highest BCUT2D eigenvalue weighted by Crippen LogP contribution is 2.42. The van der Waals surface area contributed by atoms with Gasteiger partial charge in [-0.1, -0.05) is 121 Å². The monoisotopic (exact) mass is 655 g/mol. The Morgan fingerprint density at radius 3 is 1.96 bits per heavy atom. The van der Waals surface area contributed by atoms with Crippen molar-refractivity contribution in [2.45, 2.75) is 6.17 Å². The normalized spacial score (nSPS) is 14.5. The van der Waals surface area contributed by atoms with E-state index in [1.165, 1.54) is 63.5 Å². The molecule has 3 heterocycles. The number of hydrogen-bond acceptors (Lipinski definition) is 3. The van der Waals surface area contributed by atoms with Crippen molar-refractivity contribution in [3.8, 4) is 5.69 Å². The van der Waals surface area contributed by atoms with E-state index in [2.05, 4.69) is 174 Å². The number of para-hydroxylation sites is 1. The molecule has 0 radical (unpaired) electrons. The molecule has 8 aromatic carbocycles. The molecule has 4 heteroatoms. The molecule has 234 valence electrons. The Bertz CT molecular complexity index is 2940. The van der Waals surface area contributed by atoms with Crippen LogP contribution in [0.15, 0.2) is 169 Å². The number of rotatable bonds is 3. The maximum absolute atomic E-state index is 5.45. The summed E-state index contributed by atoms with van der Waals surface area (Å²) in [6, 6.07) is 59.5. The molecule has 10 aromatic rings. The fourth-order valence-corrected chi connectivity index (χ4v) is 9.26. The summed E-state index contributed by atoms with van der Waals surface area (Å²) in [6.07, 6.45) is -0.243. The van der Waals surface area contributed by atoms with Crippen molar-refractivity contribution in [2.24, 2.45) is 4.99 Å². The zero-order chi connectivity index (χ0) is 32.8. The van der Waals surface area contributed by atoms with Gasteiger partial charge in [0.25, 0.3) is 0 Å². The zero-order valence-electron chi connectivity index (χ0n) is 27.0. The molecule has 0 aliphatic carbocycles. The van der Waals surface area contributed by atoms with Crippen LogP contribution < -0.4 is 5.32 Å². The standard InChI is InChI=1S/C46H29N3S/c1-3-14-33-28(10-1)21-24-39-43(33)44-34-15-4-2-11-29(34)22-25-40(44)49(39)32-13-9-12-31(26-32)46-47-38-18-7-5-17-37(38)45(48-46)30-20-23-36-35-16-6-8-19-41(35)50-42(36)27-30/h1-27,46-47H. The Balaban J connectivity index is 1.10. The zero-order valence-corrected chi connectivity index (χ0v) is 27.8. The van der Waals surface area contributed by atoms with Crippen molar-refractivity contribution in [1.82, 2.24) is 4.57 Å². The molecule has 0 bridgehead atoms. The van der Waals surface area contributed by atoms with Crippen LogP contribution in [0.5, 0.6) is 0 Å². The molecule has 1 N–H and O–H groups in total. The van der Waals surface area contributed by atoms with Crippen LogP contribution in [0.1, 0.15) is 22.9 Å². The van der Waals surface area contributed by atoms with Crippen molar-refractivity contribution < 1.29 is 0 Å². The van der Waals surface area contributed by atoms with Gasteiger partial charge in [-0.3, -0.25) is 4.99 Å². The van der Waals surface area contributed by atoms with Crippen LogP contribution in [0, 0.1) is 0 Å². The SMILES string of the molecule is c1cc(C2N=C(c3ccc4c(c3)sc3ccccc34)c3ccccc3N2)cc(-n2c3ccc4ccccc4c3c3c4ccccc4ccc32)c1. The number of benzene rings is 8.